The van der Waals surface area contributed by atoms with E-state index in [9.17, 15) is 0 Å². The number of hydrogen-bond acceptors (Lipinski definition) is 4. The van der Waals surface area contributed by atoms with E-state index in [0.29, 0.717) is 27.2 Å². The van der Waals surface area contributed by atoms with Crippen molar-refractivity contribution in [3.63, 3.8) is 0 Å². The molecule has 0 radical (unpaired) electrons. The summed E-state index contributed by atoms with van der Waals surface area (Å²) in [5, 5.41) is 8.65. The summed E-state index contributed by atoms with van der Waals surface area (Å²) in [5.41, 5.74) is 3.76. The Balaban J connectivity index is 1.65. The van der Waals surface area contributed by atoms with E-state index in [-0.39, 0.29) is 6.04 Å². The van der Waals surface area contributed by atoms with Crippen LogP contribution < -0.4 is 9.47 Å². The molecule has 0 aromatic heterocycles. The highest BCUT2D eigenvalue weighted by atomic mass is 35.5. The third kappa shape index (κ3) is 3.29. The number of hydrazone groups is 1. The van der Waals surface area contributed by atoms with E-state index in [1.165, 1.54) is 0 Å². The summed E-state index contributed by atoms with van der Waals surface area (Å²) in [6, 6.07) is 19.0. The Morgan fingerprint density at radius 1 is 0.967 bits per heavy atom. The van der Waals surface area contributed by atoms with E-state index in [0.717, 1.165) is 28.2 Å². The minimum Gasteiger partial charge on any atom is -0.496 e. The average molecular weight is 460 g/mol. The first-order chi connectivity index (χ1) is 14.5. The van der Waals surface area contributed by atoms with E-state index in [4.69, 9.17) is 49.4 Å². The van der Waals surface area contributed by atoms with Crippen molar-refractivity contribution in [2.24, 2.45) is 5.10 Å². The van der Waals surface area contributed by atoms with Gasteiger partial charge in [0.1, 0.15) is 11.5 Å². The van der Waals surface area contributed by atoms with Crippen molar-refractivity contribution in [1.29, 1.82) is 0 Å². The zero-order valence-corrected chi connectivity index (χ0v) is 18.2. The normalized spacial score (nSPS) is 19.6. The summed E-state index contributed by atoms with van der Waals surface area (Å²) >= 11 is 18.9. The number of para-hydroxylation sites is 1. The predicted molar refractivity (Wildman–Crippen MR) is 120 cm³/mol. The van der Waals surface area contributed by atoms with Gasteiger partial charge in [-0.15, -0.1) is 0 Å². The molecule has 3 aromatic carbocycles. The monoisotopic (exact) mass is 458 g/mol. The minimum absolute atomic E-state index is 0.0643. The van der Waals surface area contributed by atoms with Crippen molar-refractivity contribution >= 4 is 40.5 Å². The first kappa shape index (κ1) is 19.6. The molecule has 0 amide bonds. The van der Waals surface area contributed by atoms with Gasteiger partial charge in [-0.2, -0.15) is 5.10 Å². The molecule has 0 bridgehead atoms. The Labute approximate surface area is 189 Å². The first-order valence-corrected chi connectivity index (χ1v) is 10.6. The van der Waals surface area contributed by atoms with Gasteiger partial charge in [0.15, 0.2) is 0 Å². The maximum absolute atomic E-state index is 6.52. The Morgan fingerprint density at radius 3 is 2.50 bits per heavy atom. The largest absolute Gasteiger partial charge is 0.496 e. The zero-order valence-electron chi connectivity index (χ0n) is 16.0. The van der Waals surface area contributed by atoms with Crippen molar-refractivity contribution in [3.8, 4) is 11.5 Å². The summed E-state index contributed by atoms with van der Waals surface area (Å²) in [6.45, 7) is 0. The molecule has 30 heavy (non-hydrogen) atoms. The van der Waals surface area contributed by atoms with Crippen LogP contribution in [0, 0.1) is 0 Å². The number of benzene rings is 3. The van der Waals surface area contributed by atoms with Gasteiger partial charge in [-0.3, -0.25) is 0 Å². The van der Waals surface area contributed by atoms with Gasteiger partial charge in [0.25, 0.3) is 0 Å². The molecule has 0 spiro atoms. The standard InChI is InChI=1S/C23H17Cl3N2O2/c1-29-21-5-3-2-4-16(21)23-28-20(17-10-15(25)11-18(26)22(17)30-23)12-19(27-28)13-6-8-14(24)9-7-13/h2-11,20,23H,12H2,1H3/t20-,23-/m1/s1. The van der Waals surface area contributed by atoms with Crippen LogP contribution in [0.15, 0.2) is 65.8 Å². The third-order valence-electron chi connectivity index (χ3n) is 5.39. The van der Waals surface area contributed by atoms with Gasteiger partial charge in [0, 0.05) is 22.0 Å². The van der Waals surface area contributed by atoms with Crippen molar-refractivity contribution in [2.75, 3.05) is 7.11 Å². The van der Waals surface area contributed by atoms with Crippen LogP contribution in [-0.2, 0) is 0 Å². The van der Waals surface area contributed by atoms with Gasteiger partial charge < -0.3 is 9.47 Å². The molecule has 0 fully saturated rings. The maximum Gasteiger partial charge on any atom is 0.217 e. The van der Waals surface area contributed by atoms with Gasteiger partial charge in [-0.05, 0) is 42.0 Å². The van der Waals surface area contributed by atoms with Gasteiger partial charge in [-0.1, -0.05) is 59.1 Å². The molecule has 4 nitrogen and oxygen atoms in total. The second-order valence-corrected chi connectivity index (χ2v) is 8.45. The molecule has 2 atom stereocenters. The molecule has 0 unspecified atom stereocenters. The predicted octanol–water partition coefficient (Wildman–Crippen LogP) is 6.90. The minimum atomic E-state index is -0.484. The van der Waals surface area contributed by atoms with Gasteiger partial charge in [-0.25, -0.2) is 5.01 Å². The van der Waals surface area contributed by atoms with Crippen LogP contribution >= 0.6 is 34.8 Å². The van der Waals surface area contributed by atoms with Crippen molar-refractivity contribution < 1.29 is 9.47 Å². The summed E-state index contributed by atoms with van der Waals surface area (Å²) in [7, 11) is 1.65. The van der Waals surface area contributed by atoms with Gasteiger partial charge in [0.2, 0.25) is 6.23 Å². The molecular formula is C23H17Cl3N2O2. The lowest BCUT2D eigenvalue weighted by Gasteiger charge is -2.39. The summed E-state index contributed by atoms with van der Waals surface area (Å²) < 4.78 is 12.0. The lowest BCUT2D eigenvalue weighted by atomic mass is 9.95. The second kappa shape index (κ2) is 7.69. The molecular weight excluding hydrogens is 443 g/mol. The maximum atomic E-state index is 6.52. The molecule has 5 rings (SSSR count). The third-order valence-corrected chi connectivity index (χ3v) is 6.14. The Kier molecular flexibility index (Phi) is 5.02. The van der Waals surface area contributed by atoms with Gasteiger partial charge in [0.05, 0.1) is 29.4 Å². The van der Waals surface area contributed by atoms with Crippen LogP contribution in [-0.4, -0.2) is 17.8 Å². The Morgan fingerprint density at radius 2 is 1.73 bits per heavy atom. The quantitative estimate of drug-likeness (QED) is 0.427. The number of fused-ring (bicyclic) bond motifs is 3. The average Bonchev–Trinajstić information content (AvgIpc) is 3.19. The zero-order chi connectivity index (χ0) is 20.8. The van der Waals surface area contributed by atoms with Crippen LogP contribution in [0.2, 0.25) is 15.1 Å². The molecule has 152 valence electrons. The van der Waals surface area contributed by atoms with Crippen LogP contribution in [0.25, 0.3) is 0 Å². The highest BCUT2D eigenvalue weighted by molar-refractivity contribution is 6.35. The van der Waals surface area contributed by atoms with E-state index >= 15 is 0 Å². The van der Waals surface area contributed by atoms with Gasteiger partial charge >= 0.3 is 0 Å². The first-order valence-electron chi connectivity index (χ1n) is 9.45. The second-order valence-electron chi connectivity index (χ2n) is 7.17. The highest BCUT2D eigenvalue weighted by Gasteiger charge is 2.42. The smallest absolute Gasteiger partial charge is 0.217 e. The summed E-state index contributed by atoms with van der Waals surface area (Å²) in [5.74, 6) is 1.36. The fourth-order valence-corrected chi connectivity index (χ4v) is 4.69. The lowest BCUT2D eigenvalue weighted by Crippen LogP contribution is -2.34. The number of hydrogen-bond donors (Lipinski definition) is 0. The SMILES string of the molecule is COc1ccccc1[C@H]1Oc2c(Cl)cc(Cl)cc2[C@H]2CC(c3ccc(Cl)cc3)=NN21. The molecule has 3 aromatic rings. The number of ether oxygens (including phenoxy) is 2. The lowest BCUT2D eigenvalue weighted by molar-refractivity contribution is -0.0202. The number of nitrogens with zero attached hydrogens (tertiary/aromatic N) is 2. The van der Waals surface area contributed by atoms with E-state index < -0.39 is 6.23 Å². The van der Waals surface area contributed by atoms with Crippen molar-refractivity contribution in [2.45, 2.75) is 18.7 Å². The highest BCUT2D eigenvalue weighted by Crippen LogP contribution is 2.51. The van der Waals surface area contributed by atoms with Crippen LogP contribution in [0.1, 0.15) is 35.4 Å². The van der Waals surface area contributed by atoms with Crippen molar-refractivity contribution in [3.05, 3.63) is 92.4 Å². The molecule has 0 aliphatic carbocycles. The van der Waals surface area contributed by atoms with Crippen LogP contribution in [0.3, 0.4) is 0 Å². The summed E-state index contributed by atoms with van der Waals surface area (Å²) in [4.78, 5) is 0. The van der Waals surface area contributed by atoms with E-state index in [1.807, 2.05) is 59.6 Å². The summed E-state index contributed by atoms with van der Waals surface area (Å²) in [6.07, 6.45) is 0.211. The molecule has 0 saturated carbocycles. The van der Waals surface area contributed by atoms with Crippen LogP contribution in [0.4, 0.5) is 0 Å². The molecule has 7 heteroatoms. The number of halogens is 3. The fourth-order valence-electron chi connectivity index (χ4n) is 4.01. The number of methoxy groups -OCH3 is 1. The fraction of sp³-hybridized carbons (Fsp3) is 0.174. The molecule has 0 N–H and O–H groups in total. The van der Waals surface area contributed by atoms with Crippen LogP contribution in [0.5, 0.6) is 11.5 Å². The molecule has 0 saturated heterocycles. The van der Waals surface area contributed by atoms with Crippen molar-refractivity contribution in [1.82, 2.24) is 5.01 Å². The Bertz CT molecular complexity index is 1150. The van der Waals surface area contributed by atoms with E-state index in [1.54, 1.807) is 13.2 Å². The molecule has 2 aliphatic heterocycles. The Hall–Kier alpha value is -2.40. The molecule has 2 heterocycles. The molecule has 2 aliphatic rings. The number of rotatable bonds is 3. The van der Waals surface area contributed by atoms with E-state index in [2.05, 4.69) is 0 Å². The topological polar surface area (TPSA) is 34.1 Å².